The molecule has 1 aliphatic rings. The molecule has 0 unspecified atom stereocenters. The largest absolute Gasteiger partial charge is 0.483 e. The third kappa shape index (κ3) is 5.25. The van der Waals surface area contributed by atoms with Crippen molar-refractivity contribution in [3.05, 3.63) is 59.7 Å². The molecule has 2 aromatic rings. The molecule has 2 aromatic carbocycles. The summed E-state index contributed by atoms with van der Waals surface area (Å²) in [6.45, 7) is 7.05. The minimum atomic E-state index is -0.0624. The van der Waals surface area contributed by atoms with E-state index in [-0.39, 0.29) is 12.5 Å². The first-order valence-corrected chi connectivity index (χ1v) is 9.96. The minimum Gasteiger partial charge on any atom is -0.483 e. The fourth-order valence-corrected chi connectivity index (χ4v) is 3.62. The summed E-state index contributed by atoms with van der Waals surface area (Å²) in [5.41, 5.74) is 3.92. The van der Waals surface area contributed by atoms with Crippen molar-refractivity contribution in [2.75, 3.05) is 31.1 Å². The fraction of sp³-hybridized carbons (Fsp3) is 0.435. The maximum atomic E-state index is 12.1. The molecule has 0 aliphatic carbocycles. The summed E-state index contributed by atoms with van der Waals surface area (Å²) < 4.78 is 5.73. The molecule has 1 N–H and O–H groups in total. The Bertz CT molecular complexity index is 758. The van der Waals surface area contributed by atoms with Crippen LogP contribution in [-0.4, -0.2) is 32.1 Å². The molecule has 144 valence electrons. The molecule has 1 aliphatic heterocycles. The molecule has 27 heavy (non-hydrogen) atoms. The molecule has 4 nitrogen and oxygen atoms in total. The summed E-state index contributed by atoms with van der Waals surface area (Å²) >= 11 is 0. The van der Waals surface area contributed by atoms with Gasteiger partial charge in [0.25, 0.3) is 5.91 Å². The second kappa shape index (κ2) is 9.45. The van der Waals surface area contributed by atoms with Crippen LogP contribution in [0.2, 0.25) is 0 Å². The minimum absolute atomic E-state index is 0.0624. The molecular formula is C23H30N2O2. The van der Waals surface area contributed by atoms with Crippen LogP contribution in [0.5, 0.6) is 5.75 Å². The highest BCUT2D eigenvalue weighted by Crippen LogP contribution is 2.27. The molecule has 0 atom stereocenters. The van der Waals surface area contributed by atoms with Gasteiger partial charge in [0, 0.05) is 25.3 Å². The van der Waals surface area contributed by atoms with E-state index >= 15 is 0 Å². The first-order chi connectivity index (χ1) is 13.1. The molecule has 0 aromatic heterocycles. The van der Waals surface area contributed by atoms with Crippen molar-refractivity contribution in [3.63, 3.8) is 0 Å². The van der Waals surface area contributed by atoms with Crippen molar-refractivity contribution >= 4 is 11.6 Å². The molecule has 0 bridgehead atoms. The number of fused-ring (bicyclic) bond motifs is 1. The molecule has 0 spiro atoms. The Hall–Kier alpha value is -2.49. The lowest BCUT2D eigenvalue weighted by atomic mass is 10.0. The molecular weight excluding hydrogens is 336 g/mol. The third-order valence-corrected chi connectivity index (χ3v) is 5.03. The second-order valence-corrected chi connectivity index (χ2v) is 7.40. The van der Waals surface area contributed by atoms with Crippen LogP contribution in [0.15, 0.2) is 48.5 Å². The van der Waals surface area contributed by atoms with E-state index in [2.05, 4.69) is 48.3 Å². The highest BCUT2D eigenvalue weighted by Gasteiger charge is 2.15. The van der Waals surface area contributed by atoms with Crippen LogP contribution < -0.4 is 15.0 Å². The Morgan fingerprint density at radius 2 is 1.93 bits per heavy atom. The summed E-state index contributed by atoms with van der Waals surface area (Å²) in [6, 6.07) is 16.6. The van der Waals surface area contributed by atoms with Crippen molar-refractivity contribution in [2.45, 2.75) is 39.0 Å². The van der Waals surface area contributed by atoms with Crippen molar-refractivity contribution in [2.24, 2.45) is 0 Å². The van der Waals surface area contributed by atoms with Crippen LogP contribution >= 0.6 is 0 Å². The second-order valence-electron chi connectivity index (χ2n) is 7.40. The summed E-state index contributed by atoms with van der Waals surface area (Å²) in [5, 5.41) is 2.97. The van der Waals surface area contributed by atoms with Gasteiger partial charge in [-0.1, -0.05) is 50.2 Å². The van der Waals surface area contributed by atoms with Crippen LogP contribution in [-0.2, 0) is 11.2 Å². The van der Waals surface area contributed by atoms with Crippen molar-refractivity contribution in [1.29, 1.82) is 0 Å². The van der Waals surface area contributed by atoms with Crippen LogP contribution in [0.25, 0.3) is 0 Å². The summed E-state index contributed by atoms with van der Waals surface area (Å²) in [5.74, 6) is 1.11. The van der Waals surface area contributed by atoms with Crippen LogP contribution in [0.1, 0.15) is 43.7 Å². The van der Waals surface area contributed by atoms with Gasteiger partial charge in [-0.15, -0.1) is 0 Å². The predicted molar refractivity (Wildman–Crippen MR) is 111 cm³/mol. The predicted octanol–water partition coefficient (Wildman–Crippen LogP) is 4.15. The van der Waals surface area contributed by atoms with E-state index in [0.29, 0.717) is 12.5 Å². The average Bonchev–Trinajstić information content (AvgIpc) is 2.70. The van der Waals surface area contributed by atoms with Crippen molar-refractivity contribution in [3.8, 4) is 5.75 Å². The van der Waals surface area contributed by atoms with Crippen molar-refractivity contribution in [1.82, 2.24) is 5.32 Å². The van der Waals surface area contributed by atoms with Crippen LogP contribution in [0.4, 0.5) is 5.69 Å². The fourth-order valence-electron chi connectivity index (χ4n) is 3.62. The number of carbonyl (C=O) groups excluding carboxylic acids is 1. The highest BCUT2D eigenvalue weighted by molar-refractivity contribution is 5.77. The molecule has 0 radical (unpaired) electrons. The van der Waals surface area contributed by atoms with E-state index in [1.165, 1.54) is 24.1 Å². The number of carbonyl (C=O) groups is 1. The molecule has 1 heterocycles. The van der Waals surface area contributed by atoms with Gasteiger partial charge >= 0.3 is 0 Å². The Balaban J connectivity index is 1.40. The van der Waals surface area contributed by atoms with Gasteiger partial charge in [0.15, 0.2) is 6.61 Å². The van der Waals surface area contributed by atoms with Crippen molar-refractivity contribution < 1.29 is 9.53 Å². The van der Waals surface area contributed by atoms with Gasteiger partial charge in [-0.25, -0.2) is 0 Å². The Morgan fingerprint density at radius 3 is 2.78 bits per heavy atom. The normalized spacial score (nSPS) is 13.4. The number of nitrogens with zero attached hydrogens (tertiary/aromatic N) is 1. The average molecular weight is 367 g/mol. The van der Waals surface area contributed by atoms with Gasteiger partial charge in [0.1, 0.15) is 5.75 Å². The molecule has 3 rings (SSSR count). The summed E-state index contributed by atoms with van der Waals surface area (Å²) in [4.78, 5) is 14.5. The number of para-hydroxylation sites is 2. The number of anilines is 1. The zero-order chi connectivity index (χ0) is 19.1. The lowest BCUT2D eigenvalue weighted by Crippen LogP contribution is -2.34. The number of hydrogen-bond acceptors (Lipinski definition) is 3. The quantitative estimate of drug-likeness (QED) is 0.714. The molecule has 0 saturated carbocycles. The van der Waals surface area contributed by atoms with E-state index in [4.69, 9.17) is 4.74 Å². The maximum Gasteiger partial charge on any atom is 0.257 e. The van der Waals surface area contributed by atoms with Gasteiger partial charge in [-0.2, -0.15) is 0 Å². The Labute approximate surface area is 162 Å². The number of hydrogen-bond donors (Lipinski definition) is 1. The molecule has 0 saturated heterocycles. The summed E-state index contributed by atoms with van der Waals surface area (Å²) in [7, 11) is 0. The SMILES string of the molecule is CC(C)c1ccccc1OCC(=O)NCCCN1CCCc2ccccc21. The van der Waals surface area contributed by atoms with Gasteiger partial charge < -0.3 is 15.0 Å². The van der Waals surface area contributed by atoms with E-state index < -0.39 is 0 Å². The zero-order valence-electron chi connectivity index (χ0n) is 16.4. The first-order valence-electron chi connectivity index (χ1n) is 9.96. The van der Waals surface area contributed by atoms with Gasteiger partial charge in [0.2, 0.25) is 0 Å². The van der Waals surface area contributed by atoms with E-state index in [9.17, 15) is 4.79 Å². The smallest absolute Gasteiger partial charge is 0.257 e. The monoisotopic (exact) mass is 366 g/mol. The number of amides is 1. The third-order valence-electron chi connectivity index (χ3n) is 5.03. The van der Waals surface area contributed by atoms with E-state index in [0.717, 1.165) is 30.8 Å². The van der Waals surface area contributed by atoms with E-state index in [1.807, 2.05) is 24.3 Å². The number of ether oxygens (including phenoxy) is 1. The Morgan fingerprint density at radius 1 is 1.15 bits per heavy atom. The maximum absolute atomic E-state index is 12.1. The Kier molecular flexibility index (Phi) is 6.74. The summed E-state index contributed by atoms with van der Waals surface area (Å²) in [6.07, 6.45) is 3.30. The number of rotatable bonds is 8. The molecule has 1 amide bonds. The number of nitrogens with one attached hydrogen (secondary N) is 1. The highest BCUT2D eigenvalue weighted by atomic mass is 16.5. The van der Waals surface area contributed by atoms with Crippen LogP contribution in [0, 0.1) is 0 Å². The molecule has 4 heteroatoms. The lowest BCUT2D eigenvalue weighted by Gasteiger charge is -2.31. The zero-order valence-corrected chi connectivity index (χ0v) is 16.4. The van der Waals surface area contributed by atoms with E-state index in [1.54, 1.807) is 0 Å². The van der Waals surface area contributed by atoms with Gasteiger partial charge in [-0.3, -0.25) is 4.79 Å². The van der Waals surface area contributed by atoms with Gasteiger partial charge in [0.05, 0.1) is 0 Å². The van der Waals surface area contributed by atoms with Crippen LogP contribution in [0.3, 0.4) is 0 Å². The van der Waals surface area contributed by atoms with Gasteiger partial charge in [-0.05, 0) is 48.4 Å². The molecule has 0 fully saturated rings. The standard InChI is InChI=1S/C23H30N2O2/c1-18(2)20-11-4-6-13-22(20)27-17-23(26)24-14-8-16-25-15-7-10-19-9-3-5-12-21(19)25/h3-6,9,11-13,18H,7-8,10,14-17H2,1-2H3,(H,24,26). The lowest BCUT2D eigenvalue weighted by molar-refractivity contribution is -0.123. The topological polar surface area (TPSA) is 41.6 Å². The number of aryl methyl sites for hydroxylation is 1. The number of benzene rings is 2. The first kappa shape index (κ1) is 19.3.